The number of halogens is 4. The van der Waals surface area contributed by atoms with E-state index in [4.69, 9.17) is 11.6 Å². The average molecular weight is 481 g/mol. The Labute approximate surface area is 191 Å². The summed E-state index contributed by atoms with van der Waals surface area (Å²) in [6.07, 6.45) is -2.34. The number of rotatable bonds is 6. The van der Waals surface area contributed by atoms with E-state index in [1.54, 1.807) is 6.92 Å². The van der Waals surface area contributed by atoms with E-state index in [2.05, 4.69) is 10.4 Å². The molecule has 1 unspecified atom stereocenters. The van der Waals surface area contributed by atoms with E-state index in [9.17, 15) is 27.9 Å². The molecule has 0 radical (unpaired) electrons. The Hall–Kier alpha value is -3.27. The summed E-state index contributed by atoms with van der Waals surface area (Å²) in [5.74, 6) is -1.50. The molecule has 174 valence electrons. The van der Waals surface area contributed by atoms with E-state index in [1.165, 1.54) is 48.1 Å². The molecule has 1 aliphatic carbocycles. The molecule has 0 saturated heterocycles. The highest BCUT2D eigenvalue weighted by Gasteiger charge is 2.45. The topological polar surface area (TPSA) is 89.2 Å². The van der Waals surface area contributed by atoms with E-state index in [0.717, 1.165) is 4.68 Å². The van der Waals surface area contributed by atoms with E-state index in [0.29, 0.717) is 34.7 Å². The van der Waals surface area contributed by atoms with Gasteiger partial charge in [-0.15, -0.1) is 0 Å². The second-order valence-corrected chi connectivity index (χ2v) is 8.48. The van der Waals surface area contributed by atoms with Crippen molar-refractivity contribution in [1.82, 2.24) is 14.3 Å². The molecule has 0 bridgehead atoms. The summed E-state index contributed by atoms with van der Waals surface area (Å²) in [6, 6.07) is 5.95. The molecule has 0 amide bonds. The zero-order valence-electron chi connectivity index (χ0n) is 17.7. The number of alkyl halides is 3. The standard InChI is InChI=1S/C22H20ClF3N4O3/c1-11-9-14(10-29(2)20(11)31)27-17(12-3-5-13(23)6-4-12)16-18(21(32)33)30(15-7-8-15)28-19(16)22(24,25)26/h3-6,9-10,15,17,27H,7-8H2,1-2H3,(H,32,33). The third-order valence-corrected chi connectivity index (χ3v) is 5.73. The highest BCUT2D eigenvalue weighted by Crippen LogP contribution is 2.44. The van der Waals surface area contributed by atoms with E-state index in [1.807, 2.05) is 0 Å². The van der Waals surface area contributed by atoms with E-state index >= 15 is 0 Å². The van der Waals surface area contributed by atoms with Crippen LogP contribution in [0.15, 0.2) is 41.3 Å². The maximum Gasteiger partial charge on any atom is 0.435 e. The van der Waals surface area contributed by atoms with Gasteiger partial charge in [0.05, 0.1) is 17.8 Å². The molecular weight excluding hydrogens is 461 g/mol. The molecule has 0 spiro atoms. The number of hydrogen-bond donors (Lipinski definition) is 2. The number of benzene rings is 1. The summed E-state index contributed by atoms with van der Waals surface area (Å²) >= 11 is 5.97. The molecule has 2 N–H and O–H groups in total. The molecule has 11 heteroatoms. The van der Waals surface area contributed by atoms with Crippen LogP contribution < -0.4 is 10.9 Å². The van der Waals surface area contributed by atoms with Crippen molar-refractivity contribution in [3.63, 3.8) is 0 Å². The number of pyridine rings is 1. The van der Waals surface area contributed by atoms with Gasteiger partial charge in [-0.25, -0.2) is 4.79 Å². The van der Waals surface area contributed by atoms with Crippen molar-refractivity contribution in [3.8, 4) is 0 Å². The highest BCUT2D eigenvalue weighted by atomic mass is 35.5. The first kappa shape index (κ1) is 22.9. The monoisotopic (exact) mass is 480 g/mol. The molecular formula is C22H20ClF3N4O3. The van der Waals surface area contributed by atoms with Crippen molar-refractivity contribution < 1.29 is 23.1 Å². The molecule has 1 atom stereocenters. The van der Waals surface area contributed by atoms with Gasteiger partial charge in [-0.2, -0.15) is 18.3 Å². The second-order valence-electron chi connectivity index (χ2n) is 8.05. The lowest BCUT2D eigenvalue weighted by Crippen LogP contribution is -2.23. The predicted molar refractivity (Wildman–Crippen MR) is 116 cm³/mol. The predicted octanol–water partition coefficient (Wildman–Crippen LogP) is 4.80. The number of carboxylic acids is 1. The molecule has 1 saturated carbocycles. The normalized spacial score (nSPS) is 14.8. The summed E-state index contributed by atoms with van der Waals surface area (Å²) < 4.78 is 44.5. The van der Waals surface area contributed by atoms with Crippen LogP contribution in [0.5, 0.6) is 0 Å². The Morgan fingerprint density at radius 1 is 1.27 bits per heavy atom. The zero-order chi connectivity index (χ0) is 24.1. The van der Waals surface area contributed by atoms with Crippen molar-refractivity contribution in [2.75, 3.05) is 5.32 Å². The van der Waals surface area contributed by atoms with Gasteiger partial charge < -0.3 is 15.0 Å². The fourth-order valence-electron chi connectivity index (χ4n) is 3.83. The van der Waals surface area contributed by atoms with Gasteiger partial charge in [0.25, 0.3) is 5.56 Å². The number of aromatic nitrogens is 3. The van der Waals surface area contributed by atoms with Crippen molar-refractivity contribution in [2.45, 2.75) is 38.0 Å². The van der Waals surface area contributed by atoms with Crippen molar-refractivity contribution in [2.24, 2.45) is 7.05 Å². The molecule has 1 fully saturated rings. The molecule has 0 aliphatic heterocycles. The number of aryl methyl sites for hydroxylation is 2. The largest absolute Gasteiger partial charge is 0.477 e. The van der Waals surface area contributed by atoms with Gasteiger partial charge in [0.1, 0.15) is 0 Å². The Morgan fingerprint density at radius 3 is 2.42 bits per heavy atom. The fourth-order valence-corrected chi connectivity index (χ4v) is 3.95. The molecule has 2 heterocycles. The Balaban J connectivity index is 1.97. The third kappa shape index (κ3) is 4.47. The molecule has 4 rings (SSSR count). The molecule has 3 aromatic rings. The summed E-state index contributed by atoms with van der Waals surface area (Å²) in [6.45, 7) is 1.58. The van der Waals surface area contributed by atoms with Gasteiger partial charge in [0.2, 0.25) is 0 Å². The summed E-state index contributed by atoms with van der Waals surface area (Å²) in [5, 5.41) is 17.0. The SMILES string of the molecule is Cc1cc(NC(c2ccc(Cl)cc2)c2c(C(F)(F)F)nn(C3CC3)c2C(=O)O)cn(C)c1=O. The second kappa shape index (κ2) is 8.26. The number of nitrogens with zero attached hydrogens (tertiary/aromatic N) is 3. The van der Waals surface area contributed by atoms with Crippen molar-refractivity contribution in [3.05, 3.63) is 80.0 Å². The lowest BCUT2D eigenvalue weighted by molar-refractivity contribution is -0.142. The number of nitrogens with one attached hydrogen (secondary N) is 1. The Bertz CT molecular complexity index is 1250. The highest BCUT2D eigenvalue weighted by molar-refractivity contribution is 6.30. The lowest BCUT2D eigenvalue weighted by atomic mass is 9.95. The van der Waals surface area contributed by atoms with Crippen LogP contribution in [0.2, 0.25) is 5.02 Å². The van der Waals surface area contributed by atoms with Gasteiger partial charge in [-0.05, 0) is 43.5 Å². The average Bonchev–Trinajstić information content (AvgIpc) is 3.49. The first-order valence-corrected chi connectivity index (χ1v) is 10.5. The quantitative estimate of drug-likeness (QED) is 0.529. The first-order chi connectivity index (χ1) is 15.5. The Morgan fingerprint density at radius 2 is 1.91 bits per heavy atom. The van der Waals surface area contributed by atoms with Crippen LogP contribution >= 0.6 is 11.6 Å². The number of anilines is 1. The lowest BCUT2D eigenvalue weighted by Gasteiger charge is -2.23. The minimum absolute atomic E-state index is 0.257. The number of carbonyl (C=O) groups is 1. The van der Waals surface area contributed by atoms with Crippen LogP contribution in [0.25, 0.3) is 0 Å². The molecule has 33 heavy (non-hydrogen) atoms. The van der Waals surface area contributed by atoms with Gasteiger partial charge in [-0.3, -0.25) is 9.48 Å². The molecule has 7 nitrogen and oxygen atoms in total. The first-order valence-electron chi connectivity index (χ1n) is 10.1. The van der Waals surface area contributed by atoms with Crippen LogP contribution in [0.4, 0.5) is 18.9 Å². The van der Waals surface area contributed by atoms with Crippen LogP contribution in [0, 0.1) is 6.92 Å². The fraction of sp³-hybridized carbons (Fsp3) is 0.318. The van der Waals surface area contributed by atoms with E-state index < -0.39 is 41.2 Å². The number of carboxylic acid groups (broad SMARTS) is 1. The molecule has 2 aromatic heterocycles. The molecule has 1 aromatic carbocycles. The smallest absolute Gasteiger partial charge is 0.435 e. The zero-order valence-corrected chi connectivity index (χ0v) is 18.4. The van der Waals surface area contributed by atoms with Crippen molar-refractivity contribution in [1.29, 1.82) is 0 Å². The van der Waals surface area contributed by atoms with Gasteiger partial charge in [-0.1, -0.05) is 23.7 Å². The summed E-state index contributed by atoms with van der Waals surface area (Å²) in [5.41, 5.74) is -1.45. The van der Waals surface area contributed by atoms with Crippen molar-refractivity contribution >= 4 is 23.3 Å². The number of aromatic carboxylic acids is 1. The third-order valence-electron chi connectivity index (χ3n) is 5.48. The van der Waals surface area contributed by atoms with Crippen LogP contribution in [0.3, 0.4) is 0 Å². The summed E-state index contributed by atoms with van der Waals surface area (Å²) in [4.78, 5) is 24.3. The minimum atomic E-state index is -4.88. The summed E-state index contributed by atoms with van der Waals surface area (Å²) in [7, 11) is 1.52. The number of hydrogen-bond acceptors (Lipinski definition) is 4. The van der Waals surface area contributed by atoms with Gasteiger partial charge >= 0.3 is 12.1 Å². The van der Waals surface area contributed by atoms with Crippen LogP contribution in [-0.2, 0) is 13.2 Å². The van der Waals surface area contributed by atoms with Gasteiger partial charge in [0, 0.05) is 29.4 Å². The maximum atomic E-state index is 14.1. The maximum absolute atomic E-state index is 14.1. The van der Waals surface area contributed by atoms with Crippen LogP contribution in [0.1, 0.15) is 57.8 Å². The molecule has 1 aliphatic rings. The van der Waals surface area contributed by atoms with Gasteiger partial charge in [0.15, 0.2) is 11.4 Å². The van der Waals surface area contributed by atoms with Crippen LogP contribution in [-0.4, -0.2) is 25.4 Å². The minimum Gasteiger partial charge on any atom is -0.477 e. The Kier molecular flexibility index (Phi) is 5.73. The van der Waals surface area contributed by atoms with E-state index in [-0.39, 0.29) is 5.56 Å².